The molecule has 0 bridgehead atoms. The van der Waals surface area contributed by atoms with Gasteiger partial charge in [-0.1, -0.05) is 31.7 Å². The fourth-order valence-corrected chi connectivity index (χ4v) is 3.44. The summed E-state index contributed by atoms with van der Waals surface area (Å²) in [5, 5.41) is 9.84. The SMILES string of the molecule is C=CC(=O)N(C)c1ccc(C(=O)N2CC(C)(CO)Cc3ccccc32)cc1. The van der Waals surface area contributed by atoms with Gasteiger partial charge in [0.1, 0.15) is 0 Å². The van der Waals surface area contributed by atoms with Crippen LogP contribution >= 0.6 is 0 Å². The number of para-hydroxylation sites is 1. The van der Waals surface area contributed by atoms with Crippen LogP contribution in [-0.2, 0) is 11.2 Å². The molecule has 1 unspecified atom stereocenters. The Kier molecular flexibility index (Phi) is 5.15. The second kappa shape index (κ2) is 7.37. The highest BCUT2D eigenvalue weighted by molar-refractivity contribution is 6.07. The molecule has 0 saturated carbocycles. The van der Waals surface area contributed by atoms with Crippen LogP contribution < -0.4 is 9.80 Å². The summed E-state index contributed by atoms with van der Waals surface area (Å²) in [5.41, 5.74) is 2.80. The van der Waals surface area contributed by atoms with E-state index in [1.165, 1.54) is 11.0 Å². The molecule has 3 rings (SSSR count). The standard InChI is InChI=1S/C22H24N2O3/c1-4-20(26)23(3)18-11-9-16(10-12-18)21(27)24-14-22(2,15-25)13-17-7-5-6-8-19(17)24/h4-12,25H,1,13-15H2,2-3H3. The fourth-order valence-electron chi connectivity index (χ4n) is 3.44. The summed E-state index contributed by atoms with van der Waals surface area (Å²) in [7, 11) is 1.66. The van der Waals surface area contributed by atoms with E-state index in [0.29, 0.717) is 17.8 Å². The highest BCUT2D eigenvalue weighted by atomic mass is 16.3. The maximum Gasteiger partial charge on any atom is 0.258 e. The zero-order valence-corrected chi connectivity index (χ0v) is 15.7. The summed E-state index contributed by atoms with van der Waals surface area (Å²) in [6.07, 6.45) is 1.98. The first-order valence-corrected chi connectivity index (χ1v) is 8.89. The number of anilines is 2. The maximum atomic E-state index is 13.2. The van der Waals surface area contributed by atoms with Gasteiger partial charge in [-0.05, 0) is 48.4 Å². The lowest BCUT2D eigenvalue weighted by Crippen LogP contribution is -2.47. The molecule has 2 aromatic rings. The predicted molar refractivity (Wildman–Crippen MR) is 107 cm³/mol. The number of likely N-dealkylation sites (N-methyl/N-ethyl adjacent to an activating group) is 1. The second-order valence-electron chi connectivity index (χ2n) is 7.31. The summed E-state index contributed by atoms with van der Waals surface area (Å²) < 4.78 is 0. The highest BCUT2D eigenvalue weighted by Crippen LogP contribution is 2.37. The molecule has 5 heteroatoms. The molecule has 0 saturated heterocycles. The molecule has 0 spiro atoms. The van der Waals surface area contributed by atoms with Crippen LogP contribution in [0.15, 0.2) is 61.2 Å². The van der Waals surface area contributed by atoms with Crippen LogP contribution in [0.4, 0.5) is 11.4 Å². The van der Waals surface area contributed by atoms with Crippen LogP contribution in [-0.4, -0.2) is 37.1 Å². The van der Waals surface area contributed by atoms with Crippen LogP contribution in [0.2, 0.25) is 0 Å². The Bertz CT molecular complexity index is 875. The van der Waals surface area contributed by atoms with E-state index in [4.69, 9.17) is 0 Å². The van der Waals surface area contributed by atoms with Gasteiger partial charge in [0.25, 0.3) is 5.91 Å². The number of fused-ring (bicyclic) bond motifs is 1. The van der Waals surface area contributed by atoms with Gasteiger partial charge in [-0.3, -0.25) is 9.59 Å². The van der Waals surface area contributed by atoms with Crippen molar-refractivity contribution in [1.82, 2.24) is 0 Å². The van der Waals surface area contributed by atoms with Crippen LogP contribution in [0.3, 0.4) is 0 Å². The first-order valence-electron chi connectivity index (χ1n) is 8.89. The minimum absolute atomic E-state index is 0.0124. The van der Waals surface area contributed by atoms with Crippen molar-refractivity contribution in [2.24, 2.45) is 5.41 Å². The van der Waals surface area contributed by atoms with Crippen LogP contribution in [0.5, 0.6) is 0 Å². The molecule has 2 amide bonds. The van der Waals surface area contributed by atoms with Gasteiger partial charge in [-0.15, -0.1) is 0 Å². The fraction of sp³-hybridized carbons (Fsp3) is 0.273. The lowest BCUT2D eigenvalue weighted by molar-refractivity contribution is -0.113. The summed E-state index contributed by atoms with van der Waals surface area (Å²) in [4.78, 5) is 28.1. The van der Waals surface area contributed by atoms with Gasteiger partial charge >= 0.3 is 0 Å². The van der Waals surface area contributed by atoms with Crippen molar-refractivity contribution < 1.29 is 14.7 Å². The summed E-state index contributed by atoms with van der Waals surface area (Å²) >= 11 is 0. The van der Waals surface area contributed by atoms with Crippen molar-refractivity contribution in [1.29, 1.82) is 0 Å². The molecule has 140 valence electrons. The van der Waals surface area contributed by atoms with Crippen molar-refractivity contribution in [2.45, 2.75) is 13.3 Å². The maximum absolute atomic E-state index is 13.2. The quantitative estimate of drug-likeness (QED) is 0.849. The van der Waals surface area contributed by atoms with Gasteiger partial charge in [0.05, 0.1) is 6.61 Å². The smallest absolute Gasteiger partial charge is 0.258 e. The molecule has 1 heterocycles. The molecule has 1 N–H and O–H groups in total. The van der Waals surface area contributed by atoms with Crippen LogP contribution in [0.25, 0.3) is 0 Å². The third-order valence-corrected chi connectivity index (χ3v) is 5.07. The third-order valence-electron chi connectivity index (χ3n) is 5.07. The first-order chi connectivity index (χ1) is 12.9. The molecular weight excluding hydrogens is 340 g/mol. The van der Waals surface area contributed by atoms with E-state index in [0.717, 1.165) is 17.7 Å². The largest absolute Gasteiger partial charge is 0.396 e. The number of rotatable bonds is 4. The molecule has 0 fully saturated rings. The number of nitrogens with zero attached hydrogens (tertiary/aromatic N) is 2. The van der Waals surface area contributed by atoms with Crippen molar-refractivity contribution in [3.63, 3.8) is 0 Å². The molecule has 2 aromatic carbocycles. The van der Waals surface area contributed by atoms with E-state index in [2.05, 4.69) is 6.58 Å². The van der Waals surface area contributed by atoms with E-state index in [1.54, 1.807) is 36.2 Å². The number of benzene rings is 2. The van der Waals surface area contributed by atoms with Gasteiger partial charge < -0.3 is 14.9 Å². The van der Waals surface area contributed by atoms with E-state index in [-0.39, 0.29) is 23.8 Å². The van der Waals surface area contributed by atoms with Crippen molar-refractivity contribution >= 4 is 23.2 Å². The van der Waals surface area contributed by atoms with Gasteiger partial charge in [0, 0.05) is 35.9 Å². The van der Waals surface area contributed by atoms with E-state index < -0.39 is 0 Å². The minimum atomic E-state index is -0.374. The Labute approximate surface area is 159 Å². The van der Waals surface area contributed by atoms with Gasteiger partial charge in [-0.25, -0.2) is 0 Å². The van der Waals surface area contributed by atoms with Gasteiger partial charge in [-0.2, -0.15) is 0 Å². The molecule has 1 aliphatic rings. The number of amides is 2. The van der Waals surface area contributed by atoms with Gasteiger partial charge in [0.15, 0.2) is 0 Å². The number of hydrogen-bond donors (Lipinski definition) is 1. The zero-order chi connectivity index (χ0) is 19.6. The molecule has 0 radical (unpaired) electrons. The van der Waals surface area contributed by atoms with E-state index >= 15 is 0 Å². The highest BCUT2D eigenvalue weighted by Gasteiger charge is 2.36. The summed E-state index contributed by atoms with van der Waals surface area (Å²) in [6.45, 7) is 5.94. The average Bonchev–Trinajstić information content (AvgIpc) is 2.71. The lowest BCUT2D eigenvalue weighted by Gasteiger charge is -2.40. The molecule has 0 aliphatic carbocycles. The van der Waals surface area contributed by atoms with E-state index in [1.807, 2.05) is 31.2 Å². The molecule has 0 aromatic heterocycles. The molecule has 1 aliphatic heterocycles. The van der Waals surface area contributed by atoms with Crippen molar-refractivity contribution in [2.75, 3.05) is 30.0 Å². The van der Waals surface area contributed by atoms with Crippen LogP contribution in [0.1, 0.15) is 22.8 Å². The predicted octanol–water partition coefficient (Wildman–Crippen LogP) is 3.04. The Morgan fingerprint density at radius 2 is 1.89 bits per heavy atom. The summed E-state index contributed by atoms with van der Waals surface area (Å²) in [6, 6.07) is 14.7. The Balaban J connectivity index is 1.91. The number of aliphatic hydroxyl groups is 1. The number of hydrogen-bond acceptors (Lipinski definition) is 3. The number of carbonyl (C=O) groups excluding carboxylic acids is 2. The van der Waals surface area contributed by atoms with Gasteiger partial charge in [0.2, 0.25) is 5.91 Å². The molecule has 27 heavy (non-hydrogen) atoms. The molecule has 1 atom stereocenters. The average molecular weight is 364 g/mol. The topological polar surface area (TPSA) is 60.9 Å². The first kappa shape index (κ1) is 18.9. The Morgan fingerprint density at radius 3 is 2.52 bits per heavy atom. The number of aliphatic hydroxyl groups excluding tert-OH is 1. The lowest BCUT2D eigenvalue weighted by atomic mass is 9.80. The Hall–Kier alpha value is -2.92. The second-order valence-corrected chi connectivity index (χ2v) is 7.31. The van der Waals surface area contributed by atoms with Crippen molar-refractivity contribution in [3.05, 3.63) is 72.3 Å². The van der Waals surface area contributed by atoms with Crippen molar-refractivity contribution in [3.8, 4) is 0 Å². The summed E-state index contributed by atoms with van der Waals surface area (Å²) in [5.74, 6) is -0.330. The number of carbonyl (C=O) groups is 2. The van der Waals surface area contributed by atoms with E-state index in [9.17, 15) is 14.7 Å². The minimum Gasteiger partial charge on any atom is -0.396 e. The van der Waals surface area contributed by atoms with Crippen LogP contribution in [0, 0.1) is 5.41 Å². The zero-order valence-electron chi connectivity index (χ0n) is 15.7. The molecular formula is C22H24N2O3. The monoisotopic (exact) mass is 364 g/mol. The Morgan fingerprint density at radius 1 is 1.22 bits per heavy atom. The normalized spacial score (nSPS) is 18.6. The molecule has 5 nitrogen and oxygen atoms in total. The third kappa shape index (κ3) is 3.64.